The van der Waals surface area contributed by atoms with Crippen molar-refractivity contribution in [3.63, 3.8) is 0 Å². The minimum Gasteiger partial charge on any atom is -0.367 e. The van der Waals surface area contributed by atoms with E-state index in [9.17, 15) is 10.1 Å². The number of benzene rings is 1. The fourth-order valence-electron chi connectivity index (χ4n) is 2.45. The van der Waals surface area contributed by atoms with Crippen LogP contribution in [0.1, 0.15) is 25.3 Å². The van der Waals surface area contributed by atoms with Gasteiger partial charge in [-0.15, -0.1) is 0 Å². The molecule has 1 aromatic rings. The number of halogens is 1. The van der Waals surface area contributed by atoms with Crippen LogP contribution in [0.4, 0.5) is 11.4 Å². The molecular formula is C12H15ClN2O2. The summed E-state index contributed by atoms with van der Waals surface area (Å²) in [6.07, 6.45) is 2.29. The van der Waals surface area contributed by atoms with E-state index >= 15 is 0 Å². The first-order chi connectivity index (χ1) is 8.00. The third-order valence-electron chi connectivity index (χ3n) is 3.29. The maximum absolute atomic E-state index is 10.7. The predicted molar refractivity (Wildman–Crippen MR) is 68.9 cm³/mol. The van der Waals surface area contributed by atoms with E-state index in [-0.39, 0.29) is 5.69 Å². The summed E-state index contributed by atoms with van der Waals surface area (Å²) in [5, 5.41) is 11.2. The normalized spacial score (nSPS) is 19.7. The second kappa shape index (κ2) is 4.53. The standard InChI is InChI=1S/C12H15ClN2O2/c1-8-6-10(15(16)17)7-11(13)12(8)14-5-3-4-9(14)2/h6-7,9H,3-5H2,1-2H3. The molecule has 1 aliphatic heterocycles. The van der Waals surface area contributed by atoms with Crippen molar-refractivity contribution in [2.24, 2.45) is 0 Å². The summed E-state index contributed by atoms with van der Waals surface area (Å²) in [7, 11) is 0. The number of hydrogen-bond acceptors (Lipinski definition) is 3. The van der Waals surface area contributed by atoms with Gasteiger partial charge in [0.15, 0.2) is 0 Å². The summed E-state index contributed by atoms with van der Waals surface area (Å²) in [6, 6.07) is 3.48. The van der Waals surface area contributed by atoms with Gasteiger partial charge in [-0.2, -0.15) is 0 Å². The zero-order valence-electron chi connectivity index (χ0n) is 9.94. The van der Waals surface area contributed by atoms with Crippen molar-refractivity contribution >= 4 is 23.0 Å². The quantitative estimate of drug-likeness (QED) is 0.599. The lowest BCUT2D eigenvalue weighted by Crippen LogP contribution is -2.27. The molecule has 0 N–H and O–H groups in total. The molecule has 0 amide bonds. The molecule has 1 saturated heterocycles. The molecule has 0 bridgehead atoms. The Morgan fingerprint density at radius 3 is 2.71 bits per heavy atom. The molecule has 0 saturated carbocycles. The van der Waals surface area contributed by atoms with E-state index < -0.39 is 4.92 Å². The highest BCUT2D eigenvalue weighted by molar-refractivity contribution is 6.33. The van der Waals surface area contributed by atoms with Gasteiger partial charge in [-0.1, -0.05) is 11.6 Å². The van der Waals surface area contributed by atoms with Crippen LogP contribution in [0, 0.1) is 17.0 Å². The van der Waals surface area contributed by atoms with E-state index in [0.717, 1.165) is 30.6 Å². The Morgan fingerprint density at radius 1 is 1.53 bits per heavy atom. The number of hydrogen-bond donors (Lipinski definition) is 0. The van der Waals surface area contributed by atoms with Gasteiger partial charge in [0.2, 0.25) is 0 Å². The van der Waals surface area contributed by atoms with Crippen molar-refractivity contribution in [3.8, 4) is 0 Å². The Morgan fingerprint density at radius 2 is 2.24 bits per heavy atom. The summed E-state index contributed by atoms with van der Waals surface area (Å²) in [5.41, 5.74) is 1.88. The van der Waals surface area contributed by atoms with Crippen molar-refractivity contribution in [1.82, 2.24) is 0 Å². The van der Waals surface area contributed by atoms with Crippen LogP contribution in [0.15, 0.2) is 12.1 Å². The molecular weight excluding hydrogens is 240 g/mol. The number of aryl methyl sites for hydroxylation is 1. The lowest BCUT2D eigenvalue weighted by molar-refractivity contribution is -0.384. The summed E-state index contributed by atoms with van der Waals surface area (Å²) in [6.45, 7) is 5.00. The van der Waals surface area contributed by atoms with E-state index in [1.54, 1.807) is 6.07 Å². The van der Waals surface area contributed by atoms with Crippen LogP contribution in [0.5, 0.6) is 0 Å². The molecule has 0 spiro atoms. The van der Waals surface area contributed by atoms with Crippen molar-refractivity contribution in [3.05, 3.63) is 32.8 Å². The van der Waals surface area contributed by atoms with Crippen LogP contribution in [-0.4, -0.2) is 17.5 Å². The monoisotopic (exact) mass is 254 g/mol. The molecule has 92 valence electrons. The average Bonchev–Trinajstić information content (AvgIpc) is 2.64. The van der Waals surface area contributed by atoms with E-state index in [1.807, 2.05) is 6.92 Å². The van der Waals surface area contributed by atoms with Gasteiger partial charge in [0.25, 0.3) is 5.69 Å². The molecule has 0 aromatic heterocycles. The molecule has 1 atom stereocenters. The molecule has 5 heteroatoms. The van der Waals surface area contributed by atoms with E-state index in [1.165, 1.54) is 6.07 Å². The largest absolute Gasteiger partial charge is 0.367 e. The van der Waals surface area contributed by atoms with Crippen molar-refractivity contribution in [2.75, 3.05) is 11.4 Å². The van der Waals surface area contributed by atoms with Gasteiger partial charge in [-0.25, -0.2) is 0 Å². The van der Waals surface area contributed by atoms with E-state index in [4.69, 9.17) is 11.6 Å². The topological polar surface area (TPSA) is 46.4 Å². The minimum atomic E-state index is -0.407. The summed E-state index contributed by atoms with van der Waals surface area (Å²) in [5.74, 6) is 0. The highest BCUT2D eigenvalue weighted by atomic mass is 35.5. The summed E-state index contributed by atoms with van der Waals surface area (Å²) in [4.78, 5) is 12.6. The van der Waals surface area contributed by atoms with Crippen LogP contribution >= 0.6 is 11.6 Å². The maximum atomic E-state index is 10.7. The molecule has 0 radical (unpaired) electrons. The van der Waals surface area contributed by atoms with Gasteiger partial charge in [-0.3, -0.25) is 10.1 Å². The maximum Gasteiger partial charge on any atom is 0.271 e. The number of nitro benzene ring substituents is 1. The van der Waals surface area contributed by atoms with Crippen molar-refractivity contribution < 1.29 is 4.92 Å². The fraction of sp³-hybridized carbons (Fsp3) is 0.500. The van der Waals surface area contributed by atoms with Crippen LogP contribution in [0.3, 0.4) is 0 Å². The molecule has 1 aromatic carbocycles. The second-order valence-corrected chi connectivity index (χ2v) is 4.94. The molecule has 0 aliphatic carbocycles. The molecule has 1 unspecified atom stereocenters. The Labute approximate surface area is 105 Å². The summed E-state index contributed by atoms with van der Waals surface area (Å²) >= 11 is 6.18. The van der Waals surface area contributed by atoms with Gasteiger partial charge < -0.3 is 4.90 Å². The predicted octanol–water partition coefficient (Wildman–Crippen LogP) is 3.55. The van der Waals surface area contributed by atoms with Gasteiger partial charge in [0, 0.05) is 24.7 Å². The number of anilines is 1. The highest BCUT2D eigenvalue weighted by Gasteiger charge is 2.25. The second-order valence-electron chi connectivity index (χ2n) is 4.53. The van der Waals surface area contributed by atoms with E-state index in [0.29, 0.717) is 11.1 Å². The van der Waals surface area contributed by atoms with Gasteiger partial charge >= 0.3 is 0 Å². The van der Waals surface area contributed by atoms with Gasteiger partial charge in [0.1, 0.15) is 0 Å². The highest BCUT2D eigenvalue weighted by Crippen LogP contribution is 2.37. The van der Waals surface area contributed by atoms with E-state index in [2.05, 4.69) is 11.8 Å². The van der Waals surface area contributed by atoms with Crippen molar-refractivity contribution in [1.29, 1.82) is 0 Å². The van der Waals surface area contributed by atoms with Crippen molar-refractivity contribution in [2.45, 2.75) is 32.7 Å². The average molecular weight is 255 g/mol. The third kappa shape index (κ3) is 2.22. The van der Waals surface area contributed by atoms with Crippen LogP contribution in [0.2, 0.25) is 5.02 Å². The Bertz CT molecular complexity index is 439. The third-order valence-corrected chi connectivity index (χ3v) is 3.58. The molecule has 1 fully saturated rings. The van der Waals surface area contributed by atoms with Crippen LogP contribution in [-0.2, 0) is 0 Å². The number of nitrogens with zero attached hydrogens (tertiary/aromatic N) is 2. The first kappa shape index (κ1) is 12.2. The SMILES string of the molecule is Cc1cc([N+](=O)[O-])cc(Cl)c1N1CCCC1C. The molecule has 1 heterocycles. The smallest absolute Gasteiger partial charge is 0.271 e. The number of non-ortho nitro benzene ring substituents is 1. The molecule has 1 aliphatic rings. The molecule has 17 heavy (non-hydrogen) atoms. The molecule has 4 nitrogen and oxygen atoms in total. The minimum absolute atomic E-state index is 0.0584. The van der Waals surface area contributed by atoms with Crippen LogP contribution < -0.4 is 4.90 Å². The van der Waals surface area contributed by atoms with Crippen LogP contribution in [0.25, 0.3) is 0 Å². The first-order valence-electron chi connectivity index (χ1n) is 5.72. The first-order valence-corrected chi connectivity index (χ1v) is 6.09. The molecule has 2 rings (SSSR count). The Kier molecular flexibility index (Phi) is 3.24. The summed E-state index contributed by atoms with van der Waals surface area (Å²) < 4.78 is 0. The lowest BCUT2D eigenvalue weighted by atomic mass is 10.1. The lowest BCUT2D eigenvalue weighted by Gasteiger charge is -2.26. The fourth-order valence-corrected chi connectivity index (χ4v) is 2.82. The Hall–Kier alpha value is -1.29. The zero-order chi connectivity index (χ0) is 12.6. The Balaban J connectivity index is 2.44. The van der Waals surface area contributed by atoms with Gasteiger partial charge in [-0.05, 0) is 32.3 Å². The van der Waals surface area contributed by atoms with Gasteiger partial charge in [0.05, 0.1) is 15.6 Å². The number of nitro groups is 1. The zero-order valence-corrected chi connectivity index (χ0v) is 10.7. The number of rotatable bonds is 2.